The molecule has 214 valence electrons. The van der Waals surface area contributed by atoms with Crippen molar-refractivity contribution in [3.05, 3.63) is 132 Å². The fraction of sp³-hybridized carbons (Fsp3) is 0.237. The molecule has 0 N–H and O–H groups in total. The monoisotopic (exact) mass is 563 g/mol. The van der Waals surface area contributed by atoms with Crippen molar-refractivity contribution in [3.63, 3.8) is 0 Å². The van der Waals surface area contributed by atoms with Crippen LogP contribution < -0.4 is 9.47 Å². The van der Waals surface area contributed by atoms with Crippen LogP contribution in [0, 0.1) is 6.33 Å². The normalized spacial score (nSPS) is 17.8. The van der Waals surface area contributed by atoms with Crippen LogP contribution in [0.1, 0.15) is 49.9 Å². The third-order valence-electron chi connectivity index (χ3n) is 9.55. The number of aryl methyl sites for hydroxylation is 1. The molecule has 4 heterocycles. The number of nitrogens with zero attached hydrogens (tertiary/aromatic N) is 5. The number of rotatable bonds is 3. The van der Waals surface area contributed by atoms with E-state index in [4.69, 9.17) is 0 Å². The van der Waals surface area contributed by atoms with E-state index in [9.17, 15) is 0 Å². The van der Waals surface area contributed by atoms with Crippen LogP contribution in [-0.2, 0) is 17.9 Å². The average molecular weight is 564 g/mol. The van der Waals surface area contributed by atoms with E-state index in [-0.39, 0.29) is 5.41 Å². The van der Waals surface area contributed by atoms with Gasteiger partial charge < -0.3 is 23.5 Å². The van der Waals surface area contributed by atoms with Gasteiger partial charge >= 0.3 is 0 Å². The van der Waals surface area contributed by atoms with Crippen LogP contribution in [0.5, 0.6) is 0 Å². The number of aromatic nitrogens is 3. The summed E-state index contributed by atoms with van der Waals surface area (Å²) in [6.45, 7) is 10.2. The molecule has 2 aliphatic rings. The van der Waals surface area contributed by atoms with Crippen molar-refractivity contribution in [1.82, 2.24) is 14.0 Å². The molecule has 1 unspecified atom stereocenters. The van der Waals surface area contributed by atoms with Crippen LogP contribution in [0.15, 0.2) is 104 Å². The topological polar surface area (TPSA) is 20.2 Å². The minimum atomic E-state index is -0.407. The minimum Gasteiger partial charge on any atom is -0.361 e. The van der Waals surface area contributed by atoms with Crippen molar-refractivity contribution >= 4 is 27.5 Å². The molecule has 0 amide bonds. The van der Waals surface area contributed by atoms with Gasteiger partial charge in [-0.05, 0) is 58.9 Å². The van der Waals surface area contributed by atoms with Gasteiger partial charge in [0.2, 0.25) is 6.33 Å². The van der Waals surface area contributed by atoms with Gasteiger partial charge in [0.1, 0.15) is 0 Å². The zero-order valence-electron chi connectivity index (χ0n) is 25.8. The first-order valence-electron chi connectivity index (χ1n) is 15.1. The number of benzene rings is 4. The Morgan fingerprint density at radius 2 is 1.65 bits per heavy atom. The number of anilines is 1. The van der Waals surface area contributed by atoms with Crippen LogP contribution >= 0.6 is 0 Å². The maximum atomic E-state index is 3.45. The lowest BCUT2D eigenvalue weighted by Crippen LogP contribution is -2.32. The molecule has 0 radical (unpaired) electrons. The molecule has 2 aliphatic heterocycles. The second-order valence-corrected chi connectivity index (χ2v) is 13.4. The van der Waals surface area contributed by atoms with Crippen LogP contribution in [-0.4, -0.2) is 27.8 Å². The highest BCUT2D eigenvalue weighted by Crippen LogP contribution is 2.52. The Bertz CT molecular complexity index is 2100. The summed E-state index contributed by atoms with van der Waals surface area (Å²) in [5.41, 5.74) is 10.9. The molecule has 0 aliphatic carbocycles. The van der Waals surface area contributed by atoms with Gasteiger partial charge in [-0.1, -0.05) is 75.4 Å². The zero-order valence-corrected chi connectivity index (χ0v) is 25.8. The fourth-order valence-electron chi connectivity index (χ4n) is 7.14. The predicted molar refractivity (Wildman–Crippen MR) is 175 cm³/mol. The molecule has 43 heavy (non-hydrogen) atoms. The lowest BCUT2D eigenvalue weighted by molar-refractivity contribution is -0.674. The molecule has 0 fully saturated rings. The van der Waals surface area contributed by atoms with E-state index in [0.717, 1.165) is 12.4 Å². The minimum absolute atomic E-state index is 0.0261. The summed E-state index contributed by atoms with van der Waals surface area (Å²) in [6, 6.07) is 29.9. The lowest BCUT2D eigenvalue weighted by atomic mass is 9.67. The van der Waals surface area contributed by atoms with E-state index in [1.807, 2.05) is 17.8 Å². The first-order valence-corrected chi connectivity index (χ1v) is 15.1. The molecular weight excluding hydrogens is 526 g/mol. The average Bonchev–Trinajstić information content (AvgIpc) is 3.72. The SMILES string of the molecule is CN1C=CN(c2ccc3c(c2)C(C)(c2cc(-n4[c-][n+](C)cc4)cc(C(C)(C)C)c2)c2cccc4c5ccccc5n-3c24)C1. The van der Waals surface area contributed by atoms with Gasteiger partial charge in [0.25, 0.3) is 0 Å². The number of para-hydroxylation sites is 2. The number of hydrogen-bond donors (Lipinski definition) is 0. The lowest BCUT2D eigenvalue weighted by Gasteiger charge is -2.40. The van der Waals surface area contributed by atoms with E-state index < -0.39 is 5.41 Å². The Morgan fingerprint density at radius 3 is 2.40 bits per heavy atom. The number of hydrogen-bond acceptors (Lipinski definition) is 2. The highest BCUT2D eigenvalue weighted by atomic mass is 15.3. The Kier molecular flexibility index (Phi) is 5.34. The van der Waals surface area contributed by atoms with Crippen molar-refractivity contribution in [2.75, 3.05) is 18.6 Å². The molecule has 0 saturated heterocycles. The van der Waals surface area contributed by atoms with Crippen molar-refractivity contribution < 1.29 is 4.57 Å². The van der Waals surface area contributed by atoms with E-state index in [1.165, 1.54) is 55.4 Å². The van der Waals surface area contributed by atoms with E-state index in [1.54, 1.807) is 0 Å². The third-order valence-corrected chi connectivity index (χ3v) is 9.55. The summed E-state index contributed by atoms with van der Waals surface area (Å²) in [7, 11) is 4.14. The number of fused-ring (bicyclic) bond motifs is 5. The predicted octanol–water partition coefficient (Wildman–Crippen LogP) is 7.34. The quantitative estimate of drug-likeness (QED) is 0.166. The molecule has 8 rings (SSSR count). The summed E-state index contributed by atoms with van der Waals surface area (Å²) in [5.74, 6) is 0. The van der Waals surface area contributed by atoms with Crippen molar-refractivity contribution in [1.29, 1.82) is 0 Å². The Labute approximate surface area is 253 Å². The first kappa shape index (κ1) is 25.9. The summed E-state index contributed by atoms with van der Waals surface area (Å²) in [4.78, 5) is 4.54. The fourth-order valence-corrected chi connectivity index (χ4v) is 7.14. The molecule has 0 bridgehead atoms. The molecule has 5 nitrogen and oxygen atoms in total. The summed E-state index contributed by atoms with van der Waals surface area (Å²) in [6.07, 6.45) is 11.9. The molecular formula is C38H37N5. The second-order valence-electron chi connectivity index (χ2n) is 13.4. The third kappa shape index (κ3) is 3.73. The zero-order chi connectivity index (χ0) is 29.7. The van der Waals surface area contributed by atoms with Crippen LogP contribution in [0.3, 0.4) is 0 Å². The standard InChI is InChI=1S/C38H37N5/c1-37(2,3)26-20-27(22-29(21-26)42-19-17-40(6)25-42)38(4)32-12-9-11-31-30-10-7-8-13-34(30)43(36(31)32)35-15-14-28(23-33(35)38)41-18-16-39(5)24-41/h7-23H,24H2,1-6H3. The maximum Gasteiger partial charge on any atom is 0.243 e. The summed E-state index contributed by atoms with van der Waals surface area (Å²) < 4.78 is 6.60. The Balaban J connectivity index is 1.49. The van der Waals surface area contributed by atoms with Crippen LogP contribution in [0.2, 0.25) is 0 Å². The smallest absolute Gasteiger partial charge is 0.243 e. The van der Waals surface area contributed by atoms with E-state index in [2.05, 4.69) is 157 Å². The van der Waals surface area contributed by atoms with Gasteiger partial charge in [-0.3, -0.25) is 0 Å². The first-order chi connectivity index (χ1) is 20.6. The second kappa shape index (κ2) is 8.87. The molecule has 0 saturated carbocycles. The Morgan fingerprint density at radius 1 is 0.837 bits per heavy atom. The molecule has 5 heteroatoms. The molecule has 1 atom stereocenters. The van der Waals surface area contributed by atoms with Gasteiger partial charge in [-0.25, -0.2) is 0 Å². The molecule has 4 aromatic carbocycles. The Hall–Kier alpha value is -4.77. The summed E-state index contributed by atoms with van der Waals surface area (Å²) in [5, 5.41) is 2.59. The molecule has 6 aromatic rings. The van der Waals surface area contributed by atoms with E-state index in [0.29, 0.717) is 0 Å². The van der Waals surface area contributed by atoms with Gasteiger partial charge in [0.05, 0.1) is 36.1 Å². The van der Waals surface area contributed by atoms with Gasteiger partial charge in [-0.15, -0.1) is 0 Å². The summed E-state index contributed by atoms with van der Waals surface area (Å²) >= 11 is 0. The largest absolute Gasteiger partial charge is 0.361 e. The van der Waals surface area contributed by atoms with Crippen LogP contribution in [0.25, 0.3) is 33.2 Å². The van der Waals surface area contributed by atoms with Crippen molar-refractivity contribution in [3.8, 4) is 11.4 Å². The van der Waals surface area contributed by atoms with Gasteiger partial charge in [0, 0.05) is 53.7 Å². The number of imidazole rings is 1. The van der Waals surface area contributed by atoms with Gasteiger partial charge in [0.15, 0.2) is 0 Å². The highest BCUT2D eigenvalue weighted by Gasteiger charge is 2.41. The van der Waals surface area contributed by atoms with Crippen LogP contribution in [0.4, 0.5) is 5.69 Å². The van der Waals surface area contributed by atoms with Crippen molar-refractivity contribution in [2.24, 2.45) is 7.05 Å². The van der Waals surface area contributed by atoms with E-state index >= 15 is 0 Å². The molecule has 2 aromatic heterocycles. The van der Waals surface area contributed by atoms with Crippen molar-refractivity contribution in [2.45, 2.75) is 38.5 Å². The highest BCUT2D eigenvalue weighted by molar-refractivity contribution is 6.11. The maximum absolute atomic E-state index is 3.45. The van der Waals surface area contributed by atoms with Gasteiger partial charge in [-0.2, -0.15) is 0 Å². The molecule has 0 spiro atoms.